The first kappa shape index (κ1) is 20.6. The van der Waals surface area contributed by atoms with Crippen LogP contribution in [0, 0.1) is 6.92 Å². The predicted octanol–water partition coefficient (Wildman–Crippen LogP) is 1.54. The van der Waals surface area contributed by atoms with Crippen molar-refractivity contribution in [3.8, 4) is 0 Å². The van der Waals surface area contributed by atoms with E-state index >= 15 is 0 Å². The van der Waals surface area contributed by atoms with Crippen molar-refractivity contribution in [2.75, 3.05) is 14.2 Å². The third-order valence-corrected chi connectivity index (χ3v) is 5.85. The van der Waals surface area contributed by atoms with E-state index in [1.54, 1.807) is 12.3 Å². The summed E-state index contributed by atoms with van der Waals surface area (Å²) in [7, 11) is -1.44. The van der Waals surface area contributed by atoms with Gasteiger partial charge in [0, 0.05) is 19.3 Å². The maximum atomic E-state index is 12.4. The maximum Gasteiger partial charge on any atom is 0.338 e. The Morgan fingerprint density at radius 3 is 2.69 bits per heavy atom. The molecular weight excluding hydrogens is 398 g/mol. The van der Waals surface area contributed by atoms with E-state index in [0.29, 0.717) is 10.1 Å². The van der Waals surface area contributed by atoms with Crippen molar-refractivity contribution in [2.24, 2.45) is 0 Å². The number of fused-ring (bicyclic) bond motifs is 1. The average molecular weight is 417 g/mol. The molecule has 0 spiro atoms. The monoisotopic (exact) mass is 417 g/mol. The number of esters is 1. The lowest BCUT2D eigenvalue weighted by Gasteiger charge is -2.14. The highest BCUT2D eigenvalue weighted by molar-refractivity contribution is 7.89. The molecule has 10 heteroatoms. The minimum absolute atomic E-state index is 0.0451. The van der Waals surface area contributed by atoms with Gasteiger partial charge in [0.05, 0.1) is 23.3 Å². The van der Waals surface area contributed by atoms with Crippen molar-refractivity contribution in [1.29, 1.82) is 0 Å². The Labute approximate surface area is 167 Å². The van der Waals surface area contributed by atoms with Gasteiger partial charge < -0.3 is 4.74 Å². The second kappa shape index (κ2) is 8.11. The van der Waals surface area contributed by atoms with Gasteiger partial charge in [0.1, 0.15) is 12.3 Å². The summed E-state index contributed by atoms with van der Waals surface area (Å²) < 4.78 is 31.9. The van der Waals surface area contributed by atoms with Crippen molar-refractivity contribution in [1.82, 2.24) is 13.9 Å². The molecule has 0 N–H and O–H groups in total. The van der Waals surface area contributed by atoms with Crippen LogP contribution < -0.4 is 5.56 Å². The molecule has 1 aromatic carbocycles. The molecule has 152 valence electrons. The summed E-state index contributed by atoms with van der Waals surface area (Å²) in [5, 5.41) is 0. The Bertz CT molecular complexity index is 1240. The van der Waals surface area contributed by atoms with Crippen LogP contribution in [0.25, 0.3) is 5.65 Å². The van der Waals surface area contributed by atoms with Crippen molar-refractivity contribution >= 4 is 21.6 Å². The molecule has 0 aliphatic heterocycles. The fourth-order valence-electron chi connectivity index (χ4n) is 2.59. The van der Waals surface area contributed by atoms with Gasteiger partial charge in [0.15, 0.2) is 0 Å². The molecular formula is C19H19N3O6S. The van der Waals surface area contributed by atoms with Gasteiger partial charge in [-0.1, -0.05) is 16.6 Å². The lowest BCUT2D eigenvalue weighted by atomic mass is 10.2. The number of rotatable bonds is 6. The fraction of sp³-hybridized carbons (Fsp3) is 0.211. The van der Waals surface area contributed by atoms with Crippen LogP contribution in [0.2, 0.25) is 0 Å². The lowest BCUT2D eigenvalue weighted by molar-refractivity contribution is -0.0258. The van der Waals surface area contributed by atoms with Crippen LogP contribution >= 0.6 is 0 Å². The van der Waals surface area contributed by atoms with Crippen LogP contribution in [0.3, 0.4) is 0 Å². The minimum Gasteiger partial charge on any atom is -0.456 e. The molecule has 0 atom stereocenters. The molecule has 9 nitrogen and oxygen atoms in total. The number of sulfonamides is 1. The number of hydrogen-bond acceptors (Lipinski definition) is 7. The Morgan fingerprint density at radius 1 is 1.21 bits per heavy atom. The second-order valence-electron chi connectivity index (χ2n) is 6.22. The summed E-state index contributed by atoms with van der Waals surface area (Å²) in [5.41, 5.74) is 1.39. The number of hydroxylamine groups is 1. The molecule has 0 aliphatic rings. The summed E-state index contributed by atoms with van der Waals surface area (Å²) in [4.78, 5) is 33.5. The fourth-order valence-corrected chi connectivity index (χ4v) is 3.60. The number of aryl methyl sites for hydroxylation is 1. The highest BCUT2D eigenvalue weighted by Crippen LogP contribution is 2.17. The molecule has 3 aromatic rings. The van der Waals surface area contributed by atoms with Crippen molar-refractivity contribution in [3.63, 3.8) is 0 Å². The van der Waals surface area contributed by atoms with Gasteiger partial charge >= 0.3 is 5.97 Å². The summed E-state index contributed by atoms with van der Waals surface area (Å²) in [6, 6.07) is 10.2. The van der Waals surface area contributed by atoms with E-state index in [-0.39, 0.29) is 28.3 Å². The number of pyridine rings is 1. The van der Waals surface area contributed by atoms with E-state index in [0.717, 1.165) is 5.56 Å². The first-order chi connectivity index (χ1) is 13.7. The molecule has 2 aromatic heterocycles. The third-order valence-electron chi connectivity index (χ3n) is 4.17. The summed E-state index contributed by atoms with van der Waals surface area (Å²) in [5.74, 6) is -0.743. The molecule has 0 saturated heterocycles. The van der Waals surface area contributed by atoms with Crippen molar-refractivity contribution in [3.05, 3.63) is 75.8 Å². The molecule has 0 radical (unpaired) electrons. The average Bonchev–Trinajstić information content (AvgIpc) is 2.72. The zero-order chi connectivity index (χ0) is 21.2. The number of carbonyl (C=O) groups excluding carboxylic acids is 1. The zero-order valence-electron chi connectivity index (χ0n) is 16.0. The van der Waals surface area contributed by atoms with Gasteiger partial charge in [-0.05, 0) is 36.8 Å². The Hall–Kier alpha value is -3.08. The van der Waals surface area contributed by atoms with E-state index in [2.05, 4.69) is 4.98 Å². The van der Waals surface area contributed by atoms with E-state index in [1.807, 2.05) is 13.0 Å². The zero-order valence-corrected chi connectivity index (χ0v) is 16.8. The van der Waals surface area contributed by atoms with Gasteiger partial charge in [0.25, 0.3) is 15.6 Å². The normalized spacial score (nSPS) is 11.7. The van der Waals surface area contributed by atoms with Crippen LogP contribution in [0.15, 0.2) is 58.4 Å². The molecule has 3 rings (SSSR count). The molecule has 0 saturated carbocycles. The first-order valence-electron chi connectivity index (χ1n) is 8.51. The number of aromatic nitrogens is 2. The molecule has 0 unspecified atom stereocenters. The number of nitrogens with zero attached hydrogens (tertiary/aromatic N) is 3. The number of hydrogen-bond donors (Lipinski definition) is 0. The molecule has 0 amide bonds. The highest BCUT2D eigenvalue weighted by atomic mass is 32.2. The maximum absolute atomic E-state index is 12.4. The van der Waals surface area contributed by atoms with Gasteiger partial charge in [-0.15, -0.1) is 0 Å². The molecule has 0 aliphatic carbocycles. The summed E-state index contributed by atoms with van der Waals surface area (Å²) in [6.07, 6.45) is 1.67. The molecule has 29 heavy (non-hydrogen) atoms. The van der Waals surface area contributed by atoms with Gasteiger partial charge in [-0.25, -0.2) is 18.2 Å². The first-order valence-corrected chi connectivity index (χ1v) is 9.95. The Morgan fingerprint density at radius 2 is 1.97 bits per heavy atom. The lowest BCUT2D eigenvalue weighted by Crippen LogP contribution is -2.26. The Balaban J connectivity index is 1.80. The van der Waals surface area contributed by atoms with Crippen LogP contribution in [0.4, 0.5) is 0 Å². The number of ether oxygens (including phenoxy) is 1. The predicted molar refractivity (Wildman–Crippen MR) is 104 cm³/mol. The van der Waals surface area contributed by atoms with Gasteiger partial charge in [-0.2, -0.15) is 0 Å². The van der Waals surface area contributed by atoms with Crippen LogP contribution in [-0.2, 0) is 26.2 Å². The van der Waals surface area contributed by atoms with Crippen molar-refractivity contribution in [2.45, 2.75) is 18.4 Å². The third kappa shape index (κ3) is 4.34. The number of carbonyl (C=O) groups is 1. The molecule has 0 bridgehead atoms. The second-order valence-corrected chi connectivity index (χ2v) is 8.16. The highest BCUT2D eigenvalue weighted by Gasteiger charge is 2.22. The van der Waals surface area contributed by atoms with E-state index < -0.39 is 16.0 Å². The molecule has 0 fully saturated rings. The standard InChI is InChI=1S/C19H19N3O6S/c1-13-7-8-17-20-15(10-18(23)22(17)11-13)12-28-19(24)14-5-4-6-16(9-14)29(25,26)21(2)27-3/h4-11H,12H2,1-3H3. The SMILES string of the molecule is CON(C)S(=O)(=O)c1cccc(C(=O)OCc2cc(=O)n3cc(C)ccc3n2)c1. The summed E-state index contributed by atoms with van der Waals surface area (Å²) >= 11 is 0. The van der Waals surface area contributed by atoms with Crippen LogP contribution in [0.1, 0.15) is 21.6 Å². The smallest absolute Gasteiger partial charge is 0.338 e. The largest absolute Gasteiger partial charge is 0.456 e. The number of benzene rings is 1. The Kier molecular flexibility index (Phi) is 5.78. The summed E-state index contributed by atoms with van der Waals surface area (Å²) in [6.45, 7) is 1.63. The van der Waals surface area contributed by atoms with Crippen LogP contribution in [0.5, 0.6) is 0 Å². The van der Waals surface area contributed by atoms with E-state index in [1.165, 1.54) is 48.9 Å². The quantitative estimate of drug-likeness (QED) is 0.442. The minimum atomic E-state index is -3.90. The van der Waals surface area contributed by atoms with E-state index in [4.69, 9.17) is 9.57 Å². The van der Waals surface area contributed by atoms with E-state index in [9.17, 15) is 18.0 Å². The molecule has 2 heterocycles. The van der Waals surface area contributed by atoms with Crippen molar-refractivity contribution < 1.29 is 22.8 Å². The van der Waals surface area contributed by atoms with Crippen LogP contribution in [-0.4, -0.2) is 42.4 Å². The van der Waals surface area contributed by atoms with Gasteiger partial charge in [0.2, 0.25) is 0 Å². The van der Waals surface area contributed by atoms with Gasteiger partial charge in [-0.3, -0.25) is 14.0 Å². The topological polar surface area (TPSA) is 107 Å².